The molecule has 2 nitrogen and oxygen atoms in total. The van der Waals surface area contributed by atoms with Crippen molar-refractivity contribution < 1.29 is 0 Å². The van der Waals surface area contributed by atoms with Gasteiger partial charge in [-0.15, -0.1) is 0 Å². The minimum absolute atomic E-state index is 0.0696. The predicted octanol–water partition coefficient (Wildman–Crippen LogP) is 4.28. The minimum Gasteiger partial charge on any atom is -0.326 e. The number of aryl methyl sites for hydroxylation is 1. The molecule has 112 valence electrons. The van der Waals surface area contributed by atoms with Gasteiger partial charge in [-0.3, -0.25) is 4.90 Å². The van der Waals surface area contributed by atoms with Crippen LogP contribution in [0.2, 0.25) is 0 Å². The molecule has 0 aromatic heterocycles. The SMILES string of the molecule is Cc1ccc(C(C(C)N)N(C)Cc2ccccc2Br)cc1. The molecule has 0 heterocycles. The van der Waals surface area contributed by atoms with Crippen LogP contribution in [0.15, 0.2) is 53.0 Å². The summed E-state index contributed by atoms with van der Waals surface area (Å²) in [5, 5.41) is 0. The van der Waals surface area contributed by atoms with E-state index in [2.05, 4.69) is 84.2 Å². The van der Waals surface area contributed by atoms with E-state index >= 15 is 0 Å². The van der Waals surface area contributed by atoms with Gasteiger partial charge < -0.3 is 5.73 Å². The Bertz CT molecular complexity index is 578. The average molecular weight is 347 g/mol. The summed E-state index contributed by atoms with van der Waals surface area (Å²) in [6.07, 6.45) is 0. The standard InChI is InChI=1S/C18H23BrN2/c1-13-8-10-15(11-9-13)18(14(2)20)21(3)12-16-6-4-5-7-17(16)19/h4-11,14,18H,12,20H2,1-3H3. The fraction of sp³-hybridized carbons (Fsp3) is 0.333. The first-order valence-corrected chi connectivity index (χ1v) is 8.04. The van der Waals surface area contributed by atoms with E-state index in [0.717, 1.165) is 11.0 Å². The van der Waals surface area contributed by atoms with Crippen LogP contribution in [0.3, 0.4) is 0 Å². The lowest BCUT2D eigenvalue weighted by Crippen LogP contribution is -2.37. The second kappa shape index (κ2) is 7.21. The molecular formula is C18H23BrN2. The van der Waals surface area contributed by atoms with Gasteiger partial charge in [0.1, 0.15) is 0 Å². The minimum atomic E-state index is 0.0696. The fourth-order valence-electron chi connectivity index (χ4n) is 2.72. The van der Waals surface area contributed by atoms with Crippen LogP contribution in [0.5, 0.6) is 0 Å². The first kappa shape index (κ1) is 16.2. The molecule has 0 aliphatic heterocycles. The quantitative estimate of drug-likeness (QED) is 0.875. The molecule has 2 N–H and O–H groups in total. The second-order valence-corrected chi connectivity index (χ2v) is 6.58. The van der Waals surface area contributed by atoms with Crippen molar-refractivity contribution in [1.82, 2.24) is 4.90 Å². The summed E-state index contributed by atoms with van der Waals surface area (Å²) >= 11 is 3.62. The van der Waals surface area contributed by atoms with Crippen LogP contribution >= 0.6 is 15.9 Å². The largest absolute Gasteiger partial charge is 0.326 e. The van der Waals surface area contributed by atoms with E-state index in [-0.39, 0.29) is 12.1 Å². The average Bonchev–Trinajstić information content (AvgIpc) is 2.43. The smallest absolute Gasteiger partial charge is 0.0496 e. The van der Waals surface area contributed by atoms with Gasteiger partial charge in [-0.25, -0.2) is 0 Å². The van der Waals surface area contributed by atoms with Gasteiger partial charge in [-0.2, -0.15) is 0 Å². The van der Waals surface area contributed by atoms with Gasteiger partial charge in [0.05, 0.1) is 0 Å². The predicted molar refractivity (Wildman–Crippen MR) is 93.2 cm³/mol. The zero-order valence-electron chi connectivity index (χ0n) is 12.9. The third-order valence-electron chi connectivity index (χ3n) is 3.77. The molecule has 2 aromatic rings. The molecule has 0 bridgehead atoms. The van der Waals surface area contributed by atoms with E-state index in [4.69, 9.17) is 5.73 Å². The van der Waals surface area contributed by atoms with E-state index in [1.165, 1.54) is 16.7 Å². The number of rotatable bonds is 5. The molecular weight excluding hydrogens is 324 g/mol. The molecule has 2 unspecified atom stereocenters. The first-order chi connectivity index (χ1) is 9.99. The van der Waals surface area contributed by atoms with Gasteiger partial charge in [0.15, 0.2) is 0 Å². The molecule has 0 aliphatic carbocycles. The maximum Gasteiger partial charge on any atom is 0.0496 e. The summed E-state index contributed by atoms with van der Waals surface area (Å²) in [5.41, 5.74) is 10.1. The molecule has 0 fully saturated rings. The maximum absolute atomic E-state index is 6.25. The Balaban J connectivity index is 2.22. The van der Waals surface area contributed by atoms with E-state index in [0.29, 0.717) is 0 Å². The lowest BCUT2D eigenvalue weighted by atomic mass is 9.98. The molecule has 2 rings (SSSR count). The highest BCUT2D eigenvalue weighted by atomic mass is 79.9. The number of nitrogens with two attached hydrogens (primary N) is 1. The van der Waals surface area contributed by atoms with Crippen LogP contribution in [0.1, 0.15) is 29.7 Å². The van der Waals surface area contributed by atoms with Crippen LogP contribution in [0.25, 0.3) is 0 Å². The van der Waals surface area contributed by atoms with Gasteiger partial charge in [0.25, 0.3) is 0 Å². The molecule has 0 saturated heterocycles. The van der Waals surface area contributed by atoms with Crippen LogP contribution in [0.4, 0.5) is 0 Å². The molecule has 3 heteroatoms. The normalized spacial score (nSPS) is 14.2. The fourth-order valence-corrected chi connectivity index (χ4v) is 3.13. The lowest BCUT2D eigenvalue weighted by Gasteiger charge is -2.32. The Morgan fingerprint density at radius 1 is 1.10 bits per heavy atom. The van der Waals surface area contributed by atoms with Crippen LogP contribution in [-0.4, -0.2) is 18.0 Å². The summed E-state index contributed by atoms with van der Waals surface area (Å²) in [5.74, 6) is 0. The van der Waals surface area contributed by atoms with E-state index in [9.17, 15) is 0 Å². The molecule has 0 amide bonds. The van der Waals surface area contributed by atoms with E-state index in [1.807, 2.05) is 6.07 Å². The molecule has 0 saturated carbocycles. The van der Waals surface area contributed by atoms with Crippen molar-refractivity contribution >= 4 is 15.9 Å². The number of hydrogen-bond donors (Lipinski definition) is 1. The molecule has 2 atom stereocenters. The highest BCUT2D eigenvalue weighted by Gasteiger charge is 2.21. The van der Waals surface area contributed by atoms with Crippen molar-refractivity contribution in [2.75, 3.05) is 7.05 Å². The number of benzene rings is 2. The Morgan fingerprint density at radius 2 is 1.71 bits per heavy atom. The molecule has 2 aromatic carbocycles. The topological polar surface area (TPSA) is 29.3 Å². The monoisotopic (exact) mass is 346 g/mol. The Kier molecular flexibility index (Phi) is 5.57. The summed E-state index contributed by atoms with van der Waals surface area (Å²) in [6, 6.07) is 17.3. The highest BCUT2D eigenvalue weighted by molar-refractivity contribution is 9.10. The number of nitrogens with zero attached hydrogens (tertiary/aromatic N) is 1. The van der Waals surface area contributed by atoms with Crippen molar-refractivity contribution in [1.29, 1.82) is 0 Å². The maximum atomic E-state index is 6.25. The van der Waals surface area contributed by atoms with Gasteiger partial charge in [0, 0.05) is 23.1 Å². The molecule has 0 radical (unpaired) electrons. The summed E-state index contributed by atoms with van der Waals surface area (Å²) in [6.45, 7) is 5.04. The van der Waals surface area contributed by atoms with Crippen LogP contribution < -0.4 is 5.73 Å². The van der Waals surface area contributed by atoms with E-state index < -0.39 is 0 Å². The third-order valence-corrected chi connectivity index (χ3v) is 4.54. The number of hydrogen-bond acceptors (Lipinski definition) is 2. The summed E-state index contributed by atoms with van der Waals surface area (Å²) < 4.78 is 1.14. The lowest BCUT2D eigenvalue weighted by molar-refractivity contribution is 0.210. The van der Waals surface area contributed by atoms with Gasteiger partial charge in [0.2, 0.25) is 0 Å². The molecule has 21 heavy (non-hydrogen) atoms. The molecule has 0 spiro atoms. The van der Waals surface area contributed by atoms with Crippen molar-refractivity contribution in [3.63, 3.8) is 0 Å². The van der Waals surface area contributed by atoms with Gasteiger partial charge in [-0.05, 0) is 38.1 Å². The summed E-state index contributed by atoms with van der Waals surface area (Å²) in [7, 11) is 2.13. The number of likely N-dealkylation sites (N-methyl/N-ethyl adjacent to an activating group) is 1. The van der Waals surface area contributed by atoms with Crippen molar-refractivity contribution in [3.8, 4) is 0 Å². The Hall–Kier alpha value is -1.16. The third kappa shape index (κ3) is 4.16. The molecule has 0 aliphatic rings. The second-order valence-electron chi connectivity index (χ2n) is 5.72. The zero-order valence-corrected chi connectivity index (χ0v) is 14.5. The van der Waals surface area contributed by atoms with Gasteiger partial charge in [-0.1, -0.05) is 64.0 Å². The van der Waals surface area contributed by atoms with Crippen molar-refractivity contribution in [3.05, 3.63) is 69.7 Å². The van der Waals surface area contributed by atoms with Crippen molar-refractivity contribution in [2.24, 2.45) is 5.73 Å². The Labute approximate surface area is 136 Å². The van der Waals surface area contributed by atoms with Crippen LogP contribution in [-0.2, 0) is 6.54 Å². The number of halogens is 1. The van der Waals surface area contributed by atoms with E-state index in [1.54, 1.807) is 0 Å². The van der Waals surface area contributed by atoms with Crippen LogP contribution in [0, 0.1) is 6.92 Å². The highest BCUT2D eigenvalue weighted by Crippen LogP contribution is 2.26. The Morgan fingerprint density at radius 3 is 2.29 bits per heavy atom. The summed E-state index contributed by atoms with van der Waals surface area (Å²) in [4.78, 5) is 2.31. The zero-order chi connectivity index (χ0) is 15.4. The van der Waals surface area contributed by atoms with Gasteiger partial charge >= 0.3 is 0 Å². The van der Waals surface area contributed by atoms with Crippen molar-refractivity contribution in [2.45, 2.75) is 32.5 Å². The first-order valence-electron chi connectivity index (χ1n) is 7.25.